The molecule has 0 saturated carbocycles. The lowest BCUT2D eigenvalue weighted by atomic mass is 10.1. The molecule has 1 aromatic heterocycles. The van der Waals surface area contributed by atoms with Crippen molar-refractivity contribution in [2.45, 2.75) is 46.1 Å². The van der Waals surface area contributed by atoms with Crippen LogP contribution in [-0.4, -0.2) is 16.3 Å². The molecule has 0 aliphatic rings. The Hall–Kier alpha value is -2.17. The van der Waals surface area contributed by atoms with Gasteiger partial charge in [0, 0.05) is 17.6 Å². The summed E-state index contributed by atoms with van der Waals surface area (Å²) in [6.07, 6.45) is 3.66. The number of nitrogen functional groups attached to an aromatic ring is 1. The van der Waals surface area contributed by atoms with Gasteiger partial charge in [0.25, 0.3) is 5.56 Å². The van der Waals surface area contributed by atoms with Gasteiger partial charge in [-0.2, -0.15) is 0 Å². The van der Waals surface area contributed by atoms with E-state index in [0.717, 1.165) is 25.7 Å². The van der Waals surface area contributed by atoms with E-state index >= 15 is 0 Å². The predicted octanol–water partition coefficient (Wildman–Crippen LogP) is 3.27. The molecule has 0 unspecified atom stereocenters. The van der Waals surface area contributed by atoms with Crippen molar-refractivity contribution in [3.63, 3.8) is 0 Å². The fourth-order valence-electron chi connectivity index (χ4n) is 2.41. The van der Waals surface area contributed by atoms with E-state index in [1.54, 1.807) is 22.8 Å². The Morgan fingerprint density at radius 1 is 1.23 bits per heavy atom. The summed E-state index contributed by atoms with van der Waals surface area (Å²) in [5.74, 6) is -0.0503. The average molecular weight is 304 g/mol. The molecule has 0 bridgehead atoms. The molecule has 22 heavy (non-hydrogen) atoms. The van der Waals surface area contributed by atoms with Crippen molar-refractivity contribution in [1.29, 1.82) is 0 Å². The lowest BCUT2D eigenvalue weighted by molar-refractivity contribution is 0.287. The zero-order valence-corrected chi connectivity index (χ0v) is 13.3. The SMILES string of the molecule is CCCCOc1c(O)c2ccc(N)cc2n(CCCC)c1=O. The number of fused-ring (bicyclic) bond motifs is 1. The Morgan fingerprint density at radius 2 is 1.95 bits per heavy atom. The molecule has 0 atom stereocenters. The van der Waals surface area contributed by atoms with Crippen LogP contribution in [0.5, 0.6) is 11.5 Å². The van der Waals surface area contributed by atoms with Crippen molar-refractivity contribution in [3.05, 3.63) is 28.6 Å². The Kier molecular flexibility index (Phi) is 5.31. The summed E-state index contributed by atoms with van der Waals surface area (Å²) in [6.45, 7) is 5.12. The second kappa shape index (κ2) is 7.20. The highest BCUT2D eigenvalue weighted by Gasteiger charge is 2.17. The quantitative estimate of drug-likeness (QED) is 0.608. The fraction of sp³-hybridized carbons (Fsp3) is 0.471. The first-order valence-corrected chi connectivity index (χ1v) is 7.87. The Bertz CT molecular complexity index is 707. The molecule has 0 saturated heterocycles. The van der Waals surface area contributed by atoms with Crippen LogP contribution in [0.15, 0.2) is 23.0 Å². The van der Waals surface area contributed by atoms with Crippen LogP contribution in [0.1, 0.15) is 39.5 Å². The molecule has 0 aliphatic carbocycles. The van der Waals surface area contributed by atoms with Crippen molar-refractivity contribution < 1.29 is 9.84 Å². The van der Waals surface area contributed by atoms with Crippen LogP contribution in [0, 0.1) is 0 Å². The summed E-state index contributed by atoms with van der Waals surface area (Å²) in [5.41, 5.74) is 6.76. The molecule has 0 amide bonds. The van der Waals surface area contributed by atoms with E-state index in [1.165, 1.54) is 0 Å². The molecule has 3 N–H and O–H groups in total. The van der Waals surface area contributed by atoms with Gasteiger partial charge in [-0.15, -0.1) is 0 Å². The maximum atomic E-state index is 12.7. The predicted molar refractivity (Wildman–Crippen MR) is 89.6 cm³/mol. The molecule has 0 radical (unpaired) electrons. The second-order valence-electron chi connectivity index (χ2n) is 5.47. The normalized spacial score (nSPS) is 11.0. The molecule has 1 aromatic carbocycles. The van der Waals surface area contributed by atoms with E-state index in [9.17, 15) is 9.90 Å². The molecule has 120 valence electrons. The van der Waals surface area contributed by atoms with Crippen molar-refractivity contribution in [2.75, 3.05) is 12.3 Å². The lowest BCUT2D eigenvalue weighted by Gasteiger charge is -2.15. The minimum atomic E-state index is -0.292. The minimum absolute atomic E-state index is 0.0434. The first-order valence-electron chi connectivity index (χ1n) is 7.87. The van der Waals surface area contributed by atoms with E-state index in [1.807, 2.05) is 6.92 Å². The Morgan fingerprint density at radius 3 is 2.64 bits per heavy atom. The number of nitrogens with two attached hydrogens (primary N) is 1. The van der Waals surface area contributed by atoms with Gasteiger partial charge in [-0.3, -0.25) is 4.79 Å². The number of aryl methyl sites for hydroxylation is 1. The molecule has 2 rings (SSSR count). The van der Waals surface area contributed by atoms with Gasteiger partial charge in [0.15, 0.2) is 5.75 Å². The Labute approximate surface area is 130 Å². The van der Waals surface area contributed by atoms with Crippen LogP contribution in [-0.2, 0) is 6.54 Å². The first-order chi connectivity index (χ1) is 10.6. The molecular weight excluding hydrogens is 280 g/mol. The third-order valence-corrected chi connectivity index (χ3v) is 3.70. The highest BCUT2D eigenvalue weighted by Crippen LogP contribution is 2.32. The number of unbranched alkanes of at least 4 members (excludes halogenated alkanes) is 2. The molecule has 5 heteroatoms. The standard InChI is InChI=1S/C17H24N2O3/c1-3-5-9-19-14-11-12(18)7-8-13(14)15(20)16(17(19)21)22-10-6-4-2/h7-8,11,20H,3-6,9-10,18H2,1-2H3. The van der Waals surface area contributed by atoms with Gasteiger partial charge in [0.05, 0.1) is 12.1 Å². The zero-order chi connectivity index (χ0) is 16.1. The van der Waals surface area contributed by atoms with Gasteiger partial charge in [-0.1, -0.05) is 26.7 Å². The Balaban J connectivity index is 2.60. The van der Waals surface area contributed by atoms with E-state index in [2.05, 4.69) is 6.92 Å². The molecule has 2 aromatic rings. The van der Waals surface area contributed by atoms with Crippen LogP contribution in [0.4, 0.5) is 5.69 Å². The number of aromatic nitrogens is 1. The van der Waals surface area contributed by atoms with E-state index in [0.29, 0.717) is 29.7 Å². The molecule has 0 fully saturated rings. The number of nitrogens with zero attached hydrogens (tertiary/aromatic N) is 1. The van der Waals surface area contributed by atoms with Crippen molar-refractivity contribution in [3.8, 4) is 11.5 Å². The fourth-order valence-corrected chi connectivity index (χ4v) is 2.41. The second-order valence-corrected chi connectivity index (χ2v) is 5.47. The van der Waals surface area contributed by atoms with Crippen molar-refractivity contribution >= 4 is 16.6 Å². The highest BCUT2D eigenvalue weighted by atomic mass is 16.5. The average Bonchev–Trinajstić information content (AvgIpc) is 2.50. The number of aromatic hydroxyl groups is 1. The lowest BCUT2D eigenvalue weighted by Crippen LogP contribution is -2.23. The highest BCUT2D eigenvalue weighted by molar-refractivity contribution is 5.89. The number of anilines is 1. The van der Waals surface area contributed by atoms with Gasteiger partial charge in [-0.25, -0.2) is 0 Å². The number of benzene rings is 1. The van der Waals surface area contributed by atoms with Gasteiger partial charge < -0.3 is 20.1 Å². The number of pyridine rings is 1. The number of hydrogen-bond donors (Lipinski definition) is 2. The van der Waals surface area contributed by atoms with Gasteiger partial charge >= 0.3 is 0 Å². The summed E-state index contributed by atoms with van der Waals surface area (Å²) in [7, 11) is 0. The number of rotatable bonds is 7. The van der Waals surface area contributed by atoms with Crippen molar-refractivity contribution in [2.24, 2.45) is 0 Å². The summed E-state index contributed by atoms with van der Waals surface area (Å²) in [4.78, 5) is 12.7. The maximum Gasteiger partial charge on any atom is 0.297 e. The van der Waals surface area contributed by atoms with Crippen LogP contribution in [0.3, 0.4) is 0 Å². The van der Waals surface area contributed by atoms with Gasteiger partial charge in [0.2, 0.25) is 5.75 Å². The topological polar surface area (TPSA) is 77.5 Å². The monoisotopic (exact) mass is 304 g/mol. The van der Waals surface area contributed by atoms with Crippen LogP contribution < -0.4 is 16.0 Å². The largest absolute Gasteiger partial charge is 0.504 e. The smallest absolute Gasteiger partial charge is 0.297 e. The first kappa shape index (κ1) is 16.2. The van der Waals surface area contributed by atoms with E-state index < -0.39 is 0 Å². The third kappa shape index (κ3) is 3.18. The zero-order valence-electron chi connectivity index (χ0n) is 13.3. The molecule has 0 aliphatic heterocycles. The van der Waals surface area contributed by atoms with Gasteiger partial charge in [-0.05, 0) is 31.0 Å². The molecular formula is C17H24N2O3. The summed E-state index contributed by atoms with van der Waals surface area (Å²) in [5, 5.41) is 11.0. The molecule has 5 nitrogen and oxygen atoms in total. The molecule has 0 spiro atoms. The molecule has 1 heterocycles. The number of hydrogen-bond acceptors (Lipinski definition) is 4. The van der Waals surface area contributed by atoms with Crippen LogP contribution in [0.2, 0.25) is 0 Å². The maximum absolute atomic E-state index is 12.7. The number of ether oxygens (including phenoxy) is 1. The minimum Gasteiger partial charge on any atom is -0.504 e. The van der Waals surface area contributed by atoms with Gasteiger partial charge in [0.1, 0.15) is 0 Å². The summed E-state index contributed by atoms with van der Waals surface area (Å²) >= 11 is 0. The van der Waals surface area contributed by atoms with E-state index in [-0.39, 0.29) is 17.1 Å². The summed E-state index contributed by atoms with van der Waals surface area (Å²) in [6, 6.07) is 5.17. The summed E-state index contributed by atoms with van der Waals surface area (Å²) < 4.78 is 7.20. The van der Waals surface area contributed by atoms with E-state index in [4.69, 9.17) is 10.5 Å². The van der Waals surface area contributed by atoms with Crippen LogP contribution in [0.25, 0.3) is 10.9 Å². The third-order valence-electron chi connectivity index (χ3n) is 3.70. The van der Waals surface area contributed by atoms with Crippen molar-refractivity contribution in [1.82, 2.24) is 4.57 Å². The van der Waals surface area contributed by atoms with Crippen LogP contribution >= 0.6 is 0 Å².